The summed E-state index contributed by atoms with van der Waals surface area (Å²) in [5, 5.41) is 6.14. The van der Waals surface area contributed by atoms with Gasteiger partial charge in [-0.25, -0.2) is 0 Å². The van der Waals surface area contributed by atoms with Gasteiger partial charge in [0.15, 0.2) is 0 Å². The normalized spacial score (nSPS) is 24.3. The highest BCUT2D eigenvalue weighted by molar-refractivity contribution is 7.99. The van der Waals surface area contributed by atoms with Crippen LogP contribution >= 0.6 is 23.1 Å². The molecule has 0 saturated heterocycles. The van der Waals surface area contributed by atoms with Crippen molar-refractivity contribution in [2.45, 2.75) is 56.9 Å². The summed E-state index contributed by atoms with van der Waals surface area (Å²) in [5.41, 5.74) is 1.46. The second-order valence-electron chi connectivity index (χ2n) is 6.14. The third-order valence-electron chi connectivity index (χ3n) is 4.74. The minimum absolute atomic E-state index is 0.458. The molecule has 0 radical (unpaired) electrons. The van der Waals surface area contributed by atoms with Crippen LogP contribution in [0, 0.1) is 6.92 Å². The van der Waals surface area contributed by atoms with E-state index in [1.807, 2.05) is 23.1 Å². The van der Waals surface area contributed by atoms with E-state index in [-0.39, 0.29) is 0 Å². The summed E-state index contributed by atoms with van der Waals surface area (Å²) in [7, 11) is 0. The fraction of sp³-hybridized carbons (Fsp3) is 0.556. The van der Waals surface area contributed by atoms with Crippen LogP contribution in [0.15, 0.2) is 24.3 Å². The molecule has 21 heavy (non-hydrogen) atoms. The first-order chi connectivity index (χ1) is 10.2. The smallest absolute Gasteiger partial charge is 0.0391 e. The molecule has 0 bridgehead atoms. The Morgan fingerprint density at radius 3 is 2.76 bits per heavy atom. The van der Waals surface area contributed by atoms with Gasteiger partial charge in [-0.15, -0.1) is 11.3 Å². The molecule has 1 aromatic carbocycles. The quantitative estimate of drug-likeness (QED) is 0.794. The molecule has 3 rings (SSSR count). The maximum absolute atomic E-state index is 3.93. The summed E-state index contributed by atoms with van der Waals surface area (Å²) in [4.78, 5) is 1.52. The number of fused-ring (bicyclic) bond motifs is 1. The highest BCUT2D eigenvalue weighted by Crippen LogP contribution is 2.36. The molecule has 3 unspecified atom stereocenters. The average Bonchev–Trinajstić information content (AvgIpc) is 2.85. The molecule has 2 aromatic rings. The lowest BCUT2D eigenvalue weighted by Crippen LogP contribution is -2.41. The van der Waals surface area contributed by atoms with Gasteiger partial charge < -0.3 is 5.32 Å². The Morgan fingerprint density at radius 2 is 2.00 bits per heavy atom. The Balaban J connectivity index is 1.80. The molecule has 1 aromatic heterocycles. The second kappa shape index (κ2) is 6.72. The lowest BCUT2D eigenvalue weighted by Gasteiger charge is -2.33. The molecule has 1 aliphatic carbocycles. The van der Waals surface area contributed by atoms with Gasteiger partial charge in [0.2, 0.25) is 0 Å². The lowest BCUT2D eigenvalue weighted by molar-refractivity contribution is 0.358. The topological polar surface area (TPSA) is 12.0 Å². The zero-order chi connectivity index (χ0) is 14.8. The average molecular weight is 320 g/mol. The maximum Gasteiger partial charge on any atom is 0.0391 e. The molecular formula is C18H25NS2. The van der Waals surface area contributed by atoms with Crippen molar-refractivity contribution in [1.29, 1.82) is 0 Å². The van der Waals surface area contributed by atoms with Crippen LogP contribution in [0.25, 0.3) is 10.1 Å². The van der Waals surface area contributed by atoms with E-state index >= 15 is 0 Å². The van der Waals surface area contributed by atoms with Gasteiger partial charge in [0.05, 0.1) is 0 Å². The van der Waals surface area contributed by atoms with Crippen molar-refractivity contribution in [3.05, 3.63) is 34.7 Å². The van der Waals surface area contributed by atoms with E-state index in [0.29, 0.717) is 12.1 Å². The summed E-state index contributed by atoms with van der Waals surface area (Å²) in [6.07, 6.45) is 7.75. The third kappa shape index (κ3) is 3.15. The van der Waals surface area contributed by atoms with Crippen molar-refractivity contribution in [2.75, 3.05) is 6.26 Å². The number of rotatable bonds is 4. The van der Waals surface area contributed by atoms with Crippen LogP contribution in [-0.2, 0) is 0 Å². The van der Waals surface area contributed by atoms with Crippen molar-refractivity contribution in [1.82, 2.24) is 5.32 Å². The monoisotopic (exact) mass is 319 g/mol. The summed E-state index contributed by atoms with van der Waals surface area (Å²) < 4.78 is 1.42. The number of thiophene rings is 1. The molecule has 1 saturated carbocycles. The molecule has 1 nitrogen and oxygen atoms in total. The van der Waals surface area contributed by atoms with Gasteiger partial charge in [0, 0.05) is 26.9 Å². The van der Waals surface area contributed by atoms with Gasteiger partial charge in [-0.2, -0.15) is 11.8 Å². The van der Waals surface area contributed by atoms with E-state index in [9.17, 15) is 0 Å². The minimum atomic E-state index is 0.458. The van der Waals surface area contributed by atoms with E-state index in [0.717, 1.165) is 5.25 Å². The first kappa shape index (κ1) is 15.4. The largest absolute Gasteiger partial charge is 0.306 e. The molecular weight excluding hydrogens is 294 g/mol. The Labute approximate surface area is 136 Å². The molecule has 0 amide bonds. The molecule has 1 heterocycles. The summed E-state index contributed by atoms with van der Waals surface area (Å²) in [6.45, 7) is 4.61. The van der Waals surface area contributed by atoms with E-state index in [1.54, 1.807) is 0 Å². The van der Waals surface area contributed by atoms with Gasteiger partial charge in [0.1, 0.15) is 0 Å². The molecule has 3 heteroatoms. The third-order valence-corrected chi connectivity index (χ3v) is 7.37. The fourth-order valence-electron chi connectivity index (χ4n) is 3.57. The number of thioether (sulfide) groups is 1. The van der Waals surface area contributed by atoms with Crippen LogP contribution < -0.4 is 5.32 Å². The van der Waals surface area contributed by atoms with Crippen molar-refractivity contribution >= 4 is 33.2 Å². The molecule has 1 N–H and O–H groups in total. The predicted molar refractivity (Wildman–Crippen MR) is 97.7 cm³/mol. The predicted octanol–water partition coefficient (Wildman–Crippen LogP) is 5.53. The zero-order valence-electron chi connectivity index (χ0n) is 13.2. The Morgan fingerprint density at radius 1 is 1.24 bits per heavy atom. The van der Waals surface area contributed by atoms with E-state index in [4.69, 9.17) is 0 Å². The number of aryl methyl sites for hydroxylation is 1. The van der Waals surface area contributed by atoms with Crippen molar-refractivity contribution in [3.63, 3.8) is 0 Å². The van der Waals surface area contributed by atoms with Gasteiger partial charge in [-0.3, -0.25) is 0 Å². The zero-order valence-corrected chi connectivity index (χ0v) is 14.8. The Bertz CT molecular complexity index is 604. The first-order valence-corrected chi connectivity index (χ1v) is 10.1. The summed E-state index contributed by atoms with van der Waals surface area (Å²) in [5.74, 6) is 0. The Kier molecular flexibility index (Phi) is 4.92. The van der Waals surface area contributed by atoms with Crippen molar-refractivity contribution in [3.8, 4) is 0 Å². The lowest BCUT2D eigenvalue weighted by atomic mass is 9.94. The van der Waals surface area contributed by atoms with Crippen LogP contribution in [0.4, 0.5) is 0 Å². The van der Waals surface area contributed by atoms with Gasteiger partial charge in [0.25, 0.3) is 0 Å². The standard InChI is InChI=1S/C18H25NS2/c1-12-14-8-4-6-10-16(14)21-18(12)13(2)19-15-9-5-7-11-17(15)20-3/h4,6,8,10,13,15,17,19H,5,7,9,11H2,1-3H3. The highest BCUT2D eigenvalue weighted by atomic mass is 32.2. The van der Waals surface area contributed by atoms with Gasteiger partial charge >= 0.3 is 0 Å². The van der Waals surface area contributed by atoms with Crippen molar-refractivity contribution < 1.29 is 0 Å². The minimum Gasteiger partial charge on any atom is -0.306 e. The maximum atomic E-state index is 3.93. The molecule has 1 aliphatic rings. The Hall–Kier alpha value is -0.510. The van der Waals surface area contributed by atoms with Crippen LogP contribution in [0.3, 0.4) is 0 Å². The molecule has 1 fully saturated rings. The van der Waals surface area contributed by atoms with Crippen LogP contribution in [0.2, 0.25) is 0 Å². The van der Waals surface area contributed by atoms with Gasteiger partial charge in [-0.05, 0) is 50.0 Å². The number of hydrogen-bond acceptors (Lipinski definition) is 3. The first-order valence-electron chi connectivity index (χ1n) is 7.97. The number of hydrogen-bond donors (Lipinski definition) is 1. The number of nitrogens with one attached hydrogen (secondary N) is 1. The molecule has 114 valence electrons. The summed E-state index contributed by atoms with van der Waals surface area (Å²) >= 11 is 4.00. The SMILES string of the molecule is CSC1CCCCC1NC(C)c1sc2ccccc2c1C. The van der Waals surface area contributed by atoms with E-state index in [1.165, 1.54) is 46.2 Å². The van der Waals surface area contributed by atoms with E-state index in [2.05, 4.69) is 49.7 Å². The highest BCUT2D eigenvalue weighted by Gasteiger charge is 2.26. The second-order valence-corrected chi connectivity index (χ2v) is 8.30. The molecule has 0 spiro atoms. The summed E-state index contributed by atoms with van der Waals surface area (Å²) in [6, 6.07) is 9.92. The molecule has 3 atom stereocenters. The van der Waals surface area contributed by atoms with Crippen LogP contribution in [-0.4, -0.2) is 17.5 Å². The number of benzene rings is 1. The van der Waals surface area contributed by atoms with E-state index < -0.39 is 0 Å². The fourth-order valence-corrected chi connectivity index (χ4v) is 5.74. The van der Waals surface area contributed by atoms with Crippen LogP contribution in [0.1, 0.15) is 49.1 Å². The van der Waals surface area contributed by atoms with Crippen LogP contribution in [0.5, 0.6) is 0 Å². The van der Waals surface area contributed by atoms with Gasteiger partial charge in [-0.1, -0.05) is 31.0 Å². The van der Waals surface area contributed by atoms with Crippen molar-refractivity contribution in [2.24, 2.45) is 0 Å². The molecule has 0 aliphatic heterocycles.